The molecule has 238 valence electrons. The van der Waals surface area contributed by atoms with E-state index >= 15 is 0 Å². The van der Waals surface area contributed by atoms with Gasteiger partial charge in [0.15, 0.2) is 0 Å². The zero-order valence-corrected chi connectivity index (χ0v) is 25.9. The Labute approximate surface area is 261 Å². The quantitative estimate of drug-likeness (QED) is 0.327. The summed E-state index contributed by atoms with van der Waals surface area (Å²) in [5, 5.41) is 12.5. The fraction of sp³-hybridized carbons (Fsp3) is 0.455. The molecule has 1 amide bonds. The van der Waals surface area contributed by atoms with Crippen molar-refractivity contribution in [3.05, 3.63) is 65.4 Å². The second-order valence-corrected chi connectivity index (χ2v) is 12.3. The van der Waals surface area contributed by atoms with Gasteiger partial charge in [-0.25, -0.2) is 14.8 Å². The maximum Gasteiger partial charge on any atom is 0.416 e. The van der Waals surface area contributed by atoms with Crippen molar-refractivity contribution >= 4 is 17.6 Å². The number of alkyl halides is 3. The average Bonchev–Trinajstić information content (AvgIpc) is 3.28. The van der Waals surface area contributed by atoms with Gasteiger partial charge in [-0.3, -0.25) is 0 Å². The monoisotopic (exact) mass is 622 g/mol. The molecule has 4 heterocycles. The van der Waals surface area contributed by atoms with Gasteiger partial charge in [-0.1, -0.05) is 6.07 Å². The van der Waals surface area contributed by atoms with E-state index in [1.54, 1.807) is 6.20 Å². The largest absolute Gasteiger partial charge is 0.477 e. The lowest BCUT2D eigenvalue weighted by molar-refractivity contribution is -0.137. The van der Waals surface area contributed by atoms with Crippen LogP contribution in [0.15, 0.2) is 48.7 Å². The van der Waals surface area contributed by atoms with Gasteiger partial charge in [-0.15, -0.1) is 0 Å². The Hall–Kier alpha value is -4.53. The number of alkyl carbamates (subject to hydrolysis) is 1. The molecule has 12 heteroatoms. The fourth-order valence-corrected chi connectivity index (χ4v) is 6.09. The van der Waals surface area contributed by atoms with Gasteiger partial charge in [-0.05, 0) is 76.9 Å². The van der Waals surface area contributed by atoms with Crippen LogP contribution in [-0.2, 0) is 16.3 Å². The molecule has 0 aliphatic carbocycles. The van der Waals surface area contributed by atoms with Crippen molar-refractivity contribution in [2.24, 2.45) is 0 Å². The van der Waals surface area contributed by atoms with E-state index in [9.17, 15) is 23.2 Å². The highest BCUT2D eigenvalue weighted by Gasteiger charge is 2.46. The van der Waals surface area contributed by atoms with Crippen molar-refractivity contribution in [3.8, 4) is 23.2 Å². The first-order valence-electron chi connectivity index (χ1n) is 15.0. The van der Waals surface area contributed by atoms with Crippen LogP contribution in [-0.4, -0.2) is 61.0 Å². The maximum absolute atomic E-state index is 13.3. The first kappa shape index (κ1) is 31.9. The molecule has 45 heavy (non-hydrogen) atoms. The van der Waals surface area contributed by atoms with E-state index in [-0.39, 0.29) is 11.0 Å². The third-order valence-electron chi connectivity index (χ3n) is 8.12. The highest BCUT2D eigenvalue weighted by atomic mass is 19.4. The number of halogens is 3. The van der Waals surface area contributed by atoms with Crippen molar-refractivity contribution < 1.29 is 27.4 Å². The number of aromatic nitrogens is 2. The maximum atomic E-state index is 13.3. The molecule has 1 aromatic carbocycles. The SMILES string of the molecule is CCOc1ncccc1-c1ccc2c(n1)N(CCNC(=O)OC(C)(C)C)CC21CCN(c2ccc(C(F)(F)F)cc2C#N)CC1. The molecule has 5 rings (SSSR count). The standard InChI is InChI=1S/C33H37F3N6O3/c1-5-44-29-24(7-6-14-38-29)26-10-9-25-28(40-26)42(18-15-39-30(43)45-31(2,3)4)21-32(25)12-16-41(17-13-32)27-11-8-23(33(34,35)36)19-22(27)20-37/h6-11,14,19H,5,12-13,15-18,21H2,1-4H3,(H,39,43). The van der Waals surface area contributed by atoms with Gasteiger partial charge in [0.2, 0.25) is 5.88 Å². The topological polar surface area (TPSA) is 104 Å². The van der Waals surface area contributed by atoms with E-state index in [2.05, 4.69) is 21.3 Å². The third kappa shape index (κ3) is 6.92. The zero-order valence-electron chi connectivity index (χ0n) is 25.9. The molecule has 1 N–H and O–H groups in total. The molecule has 1 saturated heterocycles. The minimum Gasteiger partial charge on any atom is -0.477 e. The summed E-state index contributed by atoms with van der Waals surface area (Å²) >= 11 is 0. The smallest absolute Gasteiger partial charge is 0.416 e. The van der Waals surface area contributed by atoms with Crippen molar-refractivity contribution in [2.45, 2.75) is 57.7 Å². The number of hydrogen-bond acceptors (Lipinski definition) is 8. The highest BCUT2D eigenvalue weighted by molar-refractivity contribution is 5.71. The summed E-state index contributed by atoms with van der Waals surface area (Å²) in [7, 11) is 0. The predicted molar refractivity (Wildman–Crippen MR) is 164 cm³/mol. The molecular formula is C33H37F3N6O3. The van der Waals surface area contributed by atoms with Crippen LogP contribution in [0.1, 0.15) is 57.2 Å². The van der Waals surface area contributed by atoms with E-state index < -0.39 is 23.4 Å². The van der Waals surface area contributed by atoms with Crippen molar-refractivity contribution in [2.75, 3.05) is 49.1 Å². The molecule has 9 nitrogen and oxygen atoms in total. The average molecular weight is 623 g/mol. The highest BCUT2D eigenvalue weighted by Crippen LogP contribution is 2.48. The summed E-state index contributed by atoms with van der Waals surface area (Å²) in [6.07, 6.45) is -1.92. The number of carbonyl (C=O) groups is 1. The van der Waals surface area contributed by atoms with Crippen LogP contribution >= 0.6 is 0 Å². The van der Waals surface area contributed by atoms with Crippen molar-refractivity contribution in [1.29, 1.82) is 5.26 Å². The molecule has 2 aromatic heterocycles. The van der Waals surface area contributed by atoms with Crippen molar-refractivity contribution in [3.63, 3.8) is 0 Å². The van der Waals surface area contributed by atoms with Gasteiger partial charge in [0.25, 0.3) is 0 Å². The predicted octanol–water partition coefficient (Wildman–Crippen LogP) is 6.32. The Balaban J connectivity index is 1.41. The second-order valence-electron chi connectivity index (χ2n) is 12.3. The normalized spacial score (nSPS) is 15.9. The molecule has 3 aromatic rings. The van der Waals surface area contributed by atoms with E-state index in [1.807, 2.05) is 56.9 Å². The van der Waals surface area contributed by atoms with Gasteiger partial charge >= 0.3 is 12.3 Å². The van der Waals surface area contributed by atoms with Crippen molar-refractivity contribution in [1.82, 2.24) is 15.3 Å². The van der Waals surface area contributed by atoms with Crippen LogP contribution in [0.2, 0.25) is 0 Å². The molecule has 2 aliphatic rings. The van der Waals surface area contributed by atoms with E-state index in [0.717, 1.165) is 29.1 Å². The Bertz CT molecular complexity index is 1590. The number of piperidine rings is 1. The summed E-state index contributed by atoms with van der Waals surface area (Å²) in [5.41, 5.74) is 1.38. The van der Waals surface area contributed by atoms with Gasteiger partial charge in [0, 0.05) is 49.9 Å². The molecule has 0 bridgehead atoms. The van der Waals surface area contributed by atoms with Gasteiger partial charge in [-0.2, -0.15) is 18.4 Å². The molecule has 1 spiro atoms. The minimum atomic E-state index is -4.52. The number of pyridine rings is 2. The Morgan fingerprint density at radius 1 is 1.13 bits per heavy atom. The summed E-state index contributed by atoms with van der Waals surface area (Å²) < 4.78 is 51.0. The Morgan fingerprint density at radius 3 is 2.56 bits per heavy atom. The van der Waals surface area contributed by atoms with Crippen LogP contribution in [0, 0.1) is 11.3 Å². The van der Waals surface area contributed by atoms with Crippen LogP contribution < -0.4 is 19.9 Å². The number of nitriles is 1. The molecule has 0 unspecified atom stereocenters. The summed E-state index contributed by atoms with van der Waals surface area (Å²) in [5.74, 6) is 1.31. The Morgan fingerprint density at radius 2 is 1.89 bits per heavy atom. The third-order valence-corrected chi connectivity index (χ3v) is 8.12. The summed E-state index contributed by atoms with van der Waals surface area (Å²) in [4.78, 5) is 26.0. The van der Waals surface area contributed by atoms with Gasteiger partial charge in [0.05, 0.1) is 34.7 Å². The van der Waals surface area contributed by atoms with Crippen LogP contribution in [0.5, 0.6) is 5.88 Å². The molecule has 0 radical (unpaired) electrons. The van der Waals surface area contributed by atoms with Crippen LogP contribution in [0.25, 0.3) is 11.3 Å². The molecule has 1 fully saturated rings. The minimum absolute atomic E-state index is 0.00956. The number of nitrogens with zero attached hydrogens (tertiary/aromatic N) is 5. The lowest BCUT2D eigenvalue weighted by atomic mass is 9.74. The number of benzene rings is 1. The second kappa shape index (κ2) is 12.5. The number of hydrogen-bond donors (Lipinski definition) is 1. The first-order chi connectivity index (χ1) is 21.3. The number of carbonyl (C=O) groups excluding carboxylic acids is 1. The van der Waals surface area contributed by atoms with E-state index in [0.29, 0.717) is 69.4 Å². The number of amides is 1. The van der Waals surface area contributed by atoms with E-state index in [1.165, 1.54) is 6.07 Å². The zero-order chi connectivity index (χ0) is 32.4. The van der Waals surface area contributed by atoms with Gasteiger partial charge < -0.3 is 24.6 Å². The summed E-state index contributed by atoms with van der Waals surface area (Å²) in [6.45, 7) is 10.4. The number of rotatable bonds is 7. The number of fused-ring (bicyclic) bond motifs is 2. The molecule has 0 atom stereocenters. The fourth-order valence-electron chi connectivity index (χ4n) is 6.09. The van der Waals surface area contributed by atoms with Crippen LogP contribution in [0.4, 0.5) is 29.5 Å². The number of nitrogens with one attached hydrogen (secondary N) is 1. The molecular weight excluding hydrogens is 585 g/mol. The molecule has 0 saturated carbocycles. The Kier molecular flexibility index (Phi) is 8.83. The first-order valence-corrected chi connectivity index (χ1v) is 15.0. The number of anilines is 2. The lowest BCUT2D eigenvalue weighted by Crippen LogP contribution is -2.46. The molecule has 2 aliphatic heterocycles. The van der Waals surface area contributed by atoms with Crippen LogP contribution in [0.3, 0.4) is 0 Å². The van der Waals surface area contributed by atoms with E-state index in [4.69, 9.17) is 14.5 Å². The van der Waals surface area contributed by atoms with Gasteiger partial charge in [0.1, 0.15) is 17.5 Å². The summed E-state index contributed by atoms with van der Waals surface area (Å²) in [6, 6.07) is 13.1. The number of ether oxygens (including phenoxy) is 2. The lowest BCUT2D eigenvalue weighted by Gasteiger charge is -2.41.